The fourth-order valence-corrected chi connectivity index (χ4v) is 4.10. The van der Waals surface area contributed by atoms with E-state index < -0.39 is 10.0 Å². The molecule has 2 aromatic rings. The number of hydrogen-bond acceptors (Lipinski definition) is 6. The van der Waals surface area contributed by atoms with Crippen LogP contribution in [0.3, 0.4) is 0 Å². The van der Waals surface area contributed by atoms with Crippen molar-refractivity contribution in [2.45, 2.75) is 17.4 Å². The molecule has 0 aromatic heterocycles. The van der Waals surface area contributed by atoms with Gasteiger partial charge in [0.1, 0.15) is 23.0 Å². The smallest absolute Gasteiger partial charge is 0.265 e. The molecule has 3 rings (SSSR count). The van der Waals surface area contributed by atoms with Crippen molar-refractivity contribution in [1.29, 1.82) is 5.26 Å². The fourth-order valence-electron chi connectivity index (χ4n) is 2.88. The van der Waals surface area contributed by atoms with Gasteiger partial charge in [-0.3, -0.25) is 4.72 Å². The number of rotatable bonds is 5. The van der Waals surface area contributed by atoms with Gasteiger partial charge in [0.05, 0.1) is 24.4 Å². The summed E-state index contributed by atoms with van der Waals surface area (Å²) >= 11 is 0. The van der Waals surface area contributed by atoms with E-state index in [0.717, 1.165) is 0 Å². The summed E-state index contributed by atoms with van der Waals surface area (Å²) in [7, 11) is -0.520. The topological polar surface area (TPSA) is 100 Å². The molecule has 0 spiro atoms. The molecule has 0 bridgehead atoms. The van der Waals surface area contributed by atoms with Crippen LogP contribution in [-0.2, 0) is 16.4 Å². The standard InChI is InChI=1S/C18H19N3O4S/c1-20-14-9-15-16(24-2)6-7-17(18(15)25-11-14)26(22,23)21-13-5-3-4-12(8-13)10-19/h3-8,14,20-21H,9,11H2,1-2H3. The fraction of sp³-hybridized carbons (Fsp3) is 0.278. The van der Waals surface area contributed by atoms with E-state index in [1.54, 1.807) is 31.4 Å². The Balaban J connectivity index is 2.01. The first-order valence-electron chi connectivity index (χ1n) is 8.01. The Kier molecular flexibility index (Phi) is 5.02. The lowest BCUT2D eigenvalue weighted by Gasteiger charge is -2.28. The van der Waals surface area contributed by atoms with Crippen LogP contribution in [0, 0.1) is 11.3 Å². The molecule has 136 valence electrons. The maximum Gasteiger partial charge on any atom is 0.265 e. The number of hydrogen-bond donors (Lipinski definition) is 2. The second kappa shape index (κ2) is 7.23. The van der Waals surface area contributed by atoms with Gasteiger partial charge in [-0.05, 0) is 43.8 Å². The normalized spacial score (nSPS) is 16.1. The second-order valence-corrected chi connectivity index (χ2v) is 7.52. The summed E-state index contributed by atoms with van der Waals surface area (Å²) in [4.78, 5) is 0.0465. The minimum atomic E-state index is -3.89. The highest BCUT2D eigenvalue weighted by Crippen LogP contribution is 2.39. The van der Waals surface area contributed by atoms with Crippen LogP contribution in [-0.4, -0.2) is 35.2 Å². The molecule has 0 amide bonds. The van der Waals surface area contributed by atoms with Crippen LogP contribution in [0.15, 0.2) is 41.3 Å². The summed E-state index contributed by atoms with van der Waals surface area (Å²) < 4.78 is 39.4. The van der Waals surface area contributed by atoms with Crippen LogP contribution in [0.25, 0.3) is 0 Å². The summed E-state index contributed by atoms with van der Waals surface area (Å²) in [6.45, 7) is 0.364. The Morgan fingerprint density at radius 3 is 2.81 bits per heavy atom. The van der Waals surface area contributed by atoms with E-state index in [1.165, 1.54) is 12.1 Å². The molecular weight excluding hydrogens is 354 g/mol. The number of likely N-dealkylation sites (N-methyl/N-ethyl adjacent to an activating group) is 1. The first-order chi connectivity index (χ1) is 12.5. The highest BCUT2D eigenvalue weighted by atomic mass is 32.2. The van der Waals surface area contributed by atoms with Crippen LogP contribution in [0.4, 0.5) is 5.69 Å². The van der Waals surface area contributed by atoms with Crippen molar-refractivity contribution < 1.29 is 17.9 Å². The molecule has 8 heteroatoms. The quantitative estimate of drug-likeness (QED) is 0.830. The van der Waals surface area contributed by atoms with E-state index in [2.05, 4.69) is 10.0 Å². The summed E-state index contributed by atoms with van der Waals surface area (Å²) in [5.41, 5.74) is 1.40. The Morgan fingerprint density at radius 2 is 2.12 bits per heavy atom. The number of anilines is 1. The van der Waals surface area contributed by atoms with E-state index in [1.807, 2.05) is 13.1 Å². The van der Waals surface area contributed by atoms with Gasteiger partial charge in [-0.15, -0.1) is 0 Å². The first kappa shape index (κ1) is 18.0. The van der Waals surface area contributed by atoms with E-state index in [-0.39, 0.29) is 10.9 Å². The molecule has 2 N–H and O–H groups in total. The largest absolute Gasteiger partial charge is 0.496 e. The number of nitrogens with zero attached hydrogens (tertiary/aromatic N) is 1. The Hall–Kier alpha value is -2.76. The molecule has 7 nitrogen and oxygen atoms in total. The van der Waals surface area contributed by atoms with Gasteiger partial charge in [0.15, 0.2) is 0 Å². The molecule has 26 heavy (non-hydrogen) atoms. The van der Waals surface area contributed by atoms with Crippen LogP contribution in [0.1, 0.15) is 11.1 Å². The highest BCUT2D eigenvalue weighted by molar-refractivity contribution is 7.92. The minimum absolute atomic E-state index is 0.0465. The summed E-state index contributed by atoms with van der Waals surface area (Å²) in [6.07, 6.45) is 0.599. The third-order valence-electron chi connectivity index (χ3n) is 4.22. The molecule has 1 heterocycles. The van der Waals surface area contributed by atoms with E-state index in [4.69, 9.17) is 14.7 Å². The number of benzene rings is 2. The Morgan fingerprint density at radius 1 is 1.31 bits per heavy atom. The van der Waals surface area contributed by atoms with Gasteiger partial charge in [-0.1, -0.05) is 6.07 Å². The van der Waals surface area contributed by atoms with Crippen molar-refractivity contribution in [3.8, 4) is 17.6 Å². The predicted octanol–water partition coefficient (Wildman–Crippen LogP) is 1.89. The molecule has 0 saturated heterocycles. The van der Waals surface area contributed by atoms with Gasteiger partial charge in [0.2, 0.25) is 0 Å². The third-order valence-corrected chi connectivity index (χ3v) is 5.63. The number of ether oxygens (including phenoxy) is 2. The zero-order chi connectivity index (χ0) is 18.7. The average molecular weight is 373 g/mol. The summed E-state index contributed by atoms with van der Waals surface area (Å²) in [5, 5.41) is 12.1. The summed E-state index contributed by atoms with van der Waals surface area (Å²) in [6, 6.07) is 11.4. The molecule has 2 aromatic carbocycles. The molecular formula is C18H19N3O4S. The van der Waals surface area contributed by atoms with E-state index >= 15 is 0 Å². The molecule has 1 aliphatic heterocycles. The van der Waals surface area contributed by atoms with Gasteiger partial charge >= 0.3 is 0 Å². The Bertz CT molecular complexity index is 967. The molecule has 1 atom stereocenters. The average Bonchev–Trinajstić information content (AvgIpc) is 2.66. The molecule has 1 unspecified atom stereocenters. The third kappa shape index (κ3) is 3.45. The van der Waals surface area contributed by atoms with E-state index in [9.17, 15) is 8.42 Å². The number of nitrogens with one attached hydrogen (secondary N) is 2. The zero-order valence-corrected chi connectivity index (χ0v) is 15.3. The molecule has 0 aliphatic carbocycles. The van der Waals surface area contributed by atoms with Crippen LogP contribution >= 0.6 is 0 Å². The van der Waals surface area contributed by atoms with Gasteiger partial charge in [0.25, 0.3) is 10.0 Å². The molecule has 0 radical (unpaired) electrons. The predicted molar refractivity (Wildman–Crippen MR) is 97.0 cm³/mol. The van der Waals surface area contributed by atoms with Crippen molar-refractivity contribution in [2.75, 3.05) is 25.5 Å². The Labute approximate surface area is 152 Å². The lowest BCUT2D eigenvalue weighted by Crippen LogP contribution is -2.37. The van der Waals surface area contributed by atoms with E-state index in [0.29, 0.717) is 41.3 Å². The lowest BCUT2D eigenvalue weighted by atomic mass is 10.0. The minimum Gasteiger partial charge on any atom is -0.496 e. The number of sulfonamides is 1. The number of fused-ring (bicyclic) bond motifs is 1. The number of nitriles is 1. The van der Waals surface area contributed by atoms with Crippen molar-refractivity contribution in [3.05, 3.63) is 47.5 Å². The van der Waals surface area contributed by atoms with Gasteiger partial charge < -0.3 is 14.8 Å². The van der Waals surface area contributed by atoms with Crippen molar-refractivity contribution >= 4 is 15.7 Å². The molecule has 0 fully saturated rings. The monoisotopic (exact) mass is 373 g/mol. The van der Waals surface area contributed by atoms with Gasteiger partial charge in [-0.2, -0.15) is 5.26 Å². The highest BCUT2D eigenvalue weighted by Gasteiger charge is 2.30. The lowest BCUT2D eigenvalue weighted by molar-refractivity contribution is 0.235. The van der Waals surface area contributed by atoms with Crippen molar-refractivity contribution in [3.63, 3.8) is 0 Å². The van der Waals surface area contributed by atoms with Crippen LogP contribution < -0.4 is 19.5 Å². The van der Waals surface area contributed by atoms with Gasteiger partial charge in [-0.25, -0.2) is 8.42 Å². The molecule has 0 saturated carbocycles. The van der Waals surface area contributed by atoms with Crippen molar-refractivity contribution in [1.82, 2.24) is 5.32 Å². The maximum absolute atomic E-state index is 12.9. The summed E-state index contributed by atoms with van der Waals surface area (Å²) in [5.74, 6) is 0.894. The van der Waals surface area contributed by atoms with Gasteiger partial charge in [0, 0.05) is 11.6 Å². The number of methoxy groups -OCH3 is 1. The second-order valence-electron chi connectivity index (χ2n) is 5.87. The molecule has 1 aliphatic rings. The first-order valence-corrected chi connectivity index (χ1v) is 9.49. The SMILES string of the molecule is CNC1COc2c(S(=O)(=O)Nc3cccc(C#N)c3)ccc(OC)c2C1. The van der Waals surface area contributed by atoms with Crippen LogP contribution in [0.5, 0.6) is 11.5 Å². The van der Waals surface area contributed by atoms with Crippen LogP contribution in [0.2, 0.25) is 0 Å². The zero-order valence-electron chi connectivity index (χ0n) is 14.4. The maximum atomic E-state index is 12.9. The van der Waals surface area contributed by atoms with Crippen molar-refractivity contribution in [2.24, 2.45) is 0 Å².